The zero-order valence-electron chi connectivity index (χ0n) is 18.2. The molecule has 0 atom stereocenters. The average molecular weight is 481 g/mol. The molecule has 0 unspecified atom stereocenters. The zero-order valence-corrected chi connectivity index (χ0v) is 19.0. The van der Waals surface area contributed by atoms with Gasteiger partial charge in [0.15, 0.2) is 0 Å². The number of benzene rings is 2. The Bertz CT molecular complexity index is 1260. The van der Waals surface area contributed by atoms with Crippen molar-refractivity contribution >= 4 is 15.9 Å². The van der Waals surface area contributed by atoms with Gasteiger partial charge in [0.2, 0.25) is 15.9 Å². The Hall–Kier alpha value is -3.18. The Morgan fingerprint density at radius 1 is 1.09 bits per heavy atom. The van der Waals surface area contributed by atoms with Crippen molar-refractivity contribution in [3.05, 3.63) is 77.1 Å². The molecule has 0 bridgehead atoms. The summed E-state index contributed by atoms with van der Waals surface area (Å²) in [5, 5.41) is 6.58. The normalized spacial score (nSPS) is 12.2. The quantitative estimate of drug-likeness (QED) is 0.562. The third-order valence-corrected chi connectivity index (χ3v) is 6.76. The monoisotopic (exact) mass is 480 g/mol. The van der Waals surface area contributed by atoms with Crippen LogP contribution in [-0.4, -0.2) is 42.0 Å². The van der Waals surface area contributed by atoms with E-state index in [4.69, 9.17) is 0 Å². The average Bonchev–Trinajstić information content (AvgIpc) is 3.10. The fraction of sp³-hybridized carbons (Fsp3) is 0.273. The van der Waals surface area contributed by atoms with E-state index >= 15 is 0 Å². The Labute approximate surface area is 189 Å². The molecule has 0 saturated carbocycles. The van der Waals surface area contributed by atoms with E-state index in [9.17, 15) is 26.4 Å². The first-order valence-corrected chi connectivity index (χ1v) is 11.4. The van der Waals surface area contributed by atoms with Crippen LogP contribution in [0.15, 0.2) is 59.5 Å². The van der Waals surface area contributed by atoms with Crippen LogP contribution in [-0.2, 0) is 27.5 Å². The van der Waals surface area contributed by atoms with Gasteiger partial charge in [-0.05, 0) is 49.7 Å². The summed E-state index contributed by atoms with van der Waals surface area (Å²) >= 11 is 0. The van der Waals surface area contributed by atoms with Crippen LogP contribution in [0.5, 0.6) is 0 Å². The van der Waals surface area contributed by atoms with Crippen LogP contribution in [0.25, 0.3) is 5.69 Å². The first-order valence-electron chi connectivity index (χ1n) is 9.91. The van der Waals surface area contributed by atoms with Crippen molar-refractivity contribution in [3.63, 3.8) is 0 Å². The van der Waals surface area contributed by atoms with Gasteiger partial charge in [0, 0.05) is 19.3 Å². The topological polar surface area (TPSA) is 84.3 Å². The first-order chi connectivity index (χ1) is 15.4. The molecule has 1 heterocycles. The number of hydrogen-bond donors (Lipinski definition) is 1. The molecular weight excluding hydrogens is 457 g/mol. The molecule has 7 nitrogen and oxygen atoms in total. The molecule has 11 heteroatoms. The molecule has 0 aliphatic rings. The van der Waals surface area contributed by atoms with E-state index in [0.717, 1.165) is 10.4 Å². The van der Waals surface area contributed by atoms with Crippen LogP contribution >= 0.6 is 0 Å². The van der Waals surface area contributed by atoms with Crippen molar-refractivity contribution in [1.29, 1.82) is 0 Å². The van der Waals surface area contributed by atoms with Gasteiger partial charge in [-0.25, -0.2) is 13.1 Å². The Morgan fingerprint density at radius 3 is 2.33 bits per heavy atom. The van der Waals surface area contributed by atoms with Crippen LogP contribution < -0.4 is 5.32 Å². The molecule has 1 N–H and O–H groups in total. The van der Waals surface area contributed by atoms with Gasteiger partial charge in [-0.1, -0.05) is 24.3 Å². The second kappa shape index (κ2) is 9.36. The lowest BCUT2D eigenvalue weighted by molar-refractivity contribution is -0.138. The number of halogens is 3. The highest BCUT2D eigenvalue weighted by molar-refractivity contribution is 7.89. The number of carbonyl (C=O) groups excluding carboxylic acids is 1. The molecular formula is C22H23F3N4O3S. The maximum atomic E-state index is 13.7. The summed E-state index contributed by atoms with van der Waals surface area (Å²) in [7, 11) is -2.68. The molecule has 33 heavy (non-hydrogen) atoms. The fourth-order valence-electron chi connectivity index (χ4n) is 3.31. The fourth-order valence-corrected chi connectivity index (χ4v) is 4.46. The van der Waals surface area contributed by atoms with Crippen molar-refractivity contribution in [2.75, 3.05) is 13.6 Å². The number of likely N-dealkylation sites (N-methyl/N-ethyl adjacent to an activating group) is 1. The highest BCUT2D eigenvalue weighted by atomic mass is 32.2. The summed E-state index contributed by atoms with van der Waals surface area (Å²) in [5.74, 6) is -0.729. The summed E-state index contributed by atoms with van der Waals surface area (Å²) < 4.78 is 68.4. The Morgan fingerprint density at radius 2 is 1.76 bits per heavy atom. The highest BCUT2D eigenvalue weighted by Crippen LogP contribution is 2.33. The largest absolute Gasteiger partial charge is 0.416 e. The van der Waals surface area contributed by atoms with Gasteiger partial charge in [-0.2, -0.15) is 22.6 Å². The van der Waals surface area contributed by atoms with Crippen LogP contribution in [0.4, 0.5) is 13.2 Å². The molecule has 2 aromatic carbocycles. The van der Waals surface area contributed by atoms with Gasteiger partial charge in [-0.15, -0.1) is 0 Å². The minimum Gasteiger partial charge on any atom is -0.351 e. The number of nitrogens with zero attached hydrogens (tertiary/aromatic N) is 3. The number of alkyl halides is 3. The molecule has 1 amide bonds. The van der Waals surface area contributed by atoms with Gasteiger partial charge in [-0.3, -0.25) is 4.79 Å². The maximum Gasteiger partial charge on any atom is 0.416 e. The van der Waals surface area contributed by atoms with Gasteiger partial charge in [0.25, 0.3) is 0 Å². The first kappa shape index (κ1) is 24.5. The lowest BCUT2D eigenvalue weighted by Gasteiger charge is -2.18. The second-order valence-corrected chi connectivity index (χ2v) is 9.57. The van der Waals surface area contributed by atoms with E-state index in [1.54, 1.807) is 38.1 Å². The predicted octanol–water partition coefficient (Wildman–Crippen LogP) is 3.44. The molecule has 0 aliphatic carbocycles. The van der Waals surface area contributed by atoms with Crippen molar-refractivity contribution in [1.82, 2.24) is 19.4 Å². The summed E-state index contributed by atoms with van der Waals surface area (Å²) in [4.78, 5) is 12.3. The standard InChI is InChI=1S/C22H23F3N4O3S/c1-15-11-16(2)29(27-15)18-10-9-17(20(12-18)22(23,24)25)13-26-21(30)14-28(3)33(31,32)19-7-5-4-6-8-19/h4-12H,13-14H2,1-3H3,(H,26,30). The predicted molar refractivity (Wildman–Crippen MR) is 116 cm³/mol. The summed E-state index contributed by atoms with van der Waals surface area (Å²) in [6.07, 6.45) is -4.65. The molecule has 176 valence electrons. The lowest BCUT2D eigenvalue weighted by atomic mass is 10.1. The molecule has 1 aromatic heterocycles. The number of carbonyl (C=O) groups is 1. The van der Waals surface area contributed by atoms with E-state index in [1.165, 1.54) is 36.0 Å². The van der Waals surface area contributed by atoms with Crippen molar-refractivity contribution in [2.24, 2.45) is 0 Å². The molecule has 0 aliphatic heterocycles. The molecule has 0 spiro atoms. The summed E-state index contributed by atoms with van der Waals surface area (Å²) in [6, 6.07) is 13.0. The number of hydrogen-bond acceptors (Lipinski definition) is 4. The Kier molecular flexibility index (Phi) is 6.94. The molecule has 3 rings (SSSR count). The molecule has 0 fully saturated rings. The van der Waals surface area contributed by atoms with Crippen molar-refractivity contribution < 1.29 is 26.4 Å². The maximum absolute atomic E-state index is 13.7. The van der Waals surface area contributed by atoms with E-state index in [2.05, 4.69) is 10.4 Å². The highest BCUT2D eigenvalue weighted by Gasteiger charge is 2.34. The van der Waals surface area contributed by atoms with E-state index in [1.807, 2.05) is 0 Å². The number of aryl methyl sites for hydroxylation is 2. The minimum absolute atomic E-state index is 0.0133. The summed E-state index contributed by atoms with van der Waals surface area (Å²) in [5.41, 5.74) is 0.556. The molecule has 0 radical (unpaired) electrons. The van der Waals surface area contributed by atoms with Gasteiger partial charge >= 0.3 is 6.18 Å². The number of amides is 1. The van der Waals surface area contributed by atoms with Gasteiger partial charge in [0.05, 0.1) is 28.4 Å². The Balaban J connectivity index is 1.75. The van der Waals surface area contributed by atoms with Crippen molar-refractivity contribution in [2.45, 2.75) is 31.5 Å². The van der Waals surface area contributed by atoms with Crippen LogP contribution in [0.1, 0.15) is 22.5 Å². The summed E-state index contributed by atoms with van der Waals surface area (Å²) in [6.45, 7) is 2.53. The van der Waals surface area contributed by atoms with Crippen molar-refractivity contribution in [3.8, 4) is 5.69 Å². The second-order valence-electron chi connectivity index (χ2n) is 7.53. The SMILES string of the molecule is Cc1cc(C)n(-c2ccc(CNC(=O)CN(C)S(=O)(=O)c3ccccc3)c(C(F)(F)F)c2)n1. The van der Waals surface area contributed by atoms with E-state index < -0.39 is 40.8 Å². The smallest absolute Gasteiger partial charge is 0.351 e. The van der Waals surface area contributed by atoms with Gasteiger partial charge in [0.1, 0.15) is 0 Å². The van der Waals surface area contributed by atoms with Crippen LogP contribution in [0.3, 0.4) is 0 Å². The third-order valence-electron chi connectivity index (χ3n) is 4.95. The zero-order chi connectivity index (χ0) is 24.4. The molecule has 3 aromatic rings. The van der Waals surface area contributed by atoms with Crippen LogP contribution in [0, 0.1) is 13.8 Å². The van der Waals surface area contributed by atoms with Gasteiger partial charge < -0.3 is 5.32 Å². The van der Waals surface area contributed by atoms with Crippen LogP contribution in [0.2, 0.25) is 0 Å². The number of aromatic nitrogens is 2. The molecule has 0 saturated heterocycles. The number of sulfonamides is 1. The van der Waals surface area contributed by atoms with E-state index in [0.29, 0.717) is 11.4 Å². The lowest BCUT2D eigenvalue weighted by Crippen LogP contribution is -2.38. The number of rotatable bonds is 7. The number of nitrogens with one attached hydrogen (secondary N) is 1. The van der Waals surface area contributed by atoms with E-state index in [-0.39, 0.29) is 16.1 Å². The third kappa shape index (κ3) is 5.60. The minimum atomic E-state index is -4.65.